The number of thiazole rings is 1. The maximum Gasteiger partial charge on any atom is 0.123 e. The van der Waals surface area contributed by atoms with Gasteiger partial charge < -0.3 is 14.5 Å². The highest BCUT2D eigenvalue weighted by Crippen LogP contribution is 2.25. The molecule has 1 fully saturated rings. The fraction of sp³-hybridized carbons (Fsp3) is 0.286. The van der Waals surface area contributed by atoms with E-state index in [9.17, 15) is 0 Å². The van der Waals surface area contributed by atoms with E-state index in [-0.39, 0.29) is 0 Å². The number of aromatic nitrogens is 1. The van der Waals surface area contributed by atoms with Gasteiger partial charge in [0.15, 0.2) is 0 Å². The Kier molecular flexibility index (Phi) is 5.62. The first-order valence-electron chi connectivity index (χ1n) is 9.14. The molecule has 1 aliphatic heterocycles. The Morgan fingerprint density at radius 2 is 1.78 bits per heavy atom. The summed E-state index contributed by atoms with van der Waals surface area (Å²) in [7, 11) is 1.70. The van der Waals surface area contributed by atoms with Crippen molar-refractivity contribution in [3.8, 4) is 16.3 Å². The van der Waals surface area contributed by atoms with Gasteiger partial charge in [-0.1, -0.05) is 23.7 Å². The van der Waals surface area contributed by atoms with Gasteiger partial charge in [-0.25, -0.2) is 4.98 Å². The first-order chi connectivity index (χ1) is 13.2. The van der Waals surface area contributed by atoms with Crippen LogP contribution < -0.4 is 14.5 Å². The third-order valence-corrected chi connectivity index (χ3v) is 6.17. The summed E-state index contributed by atoms with van der Waals surface area (Å²) in [6.45, 7) is 5.37. The zero-order chi connectivity index (χ0) is 18.6. The number of rotatable bonds is 5. The van der Waals surface area contributed by atoms with E-state index in [2.05, 4.69) is 22.4 Å². The normalized spacial score (nSPS) is 15.1. The number of anilines is 1. The highest BCUT2D eigenvalue weighted by Gasteiger charge is 2.21. The van der Waals surface area contributed by atoms with Crippen LogP contribution in [-0.2, 0) is 6.54 Å². The Bertz CT molecular complexity index is 871. The van der Waals surface area contributed by atoms with E-state index >= 15 is 0 Å². The molecule has 0 radical (unpaired) electrons. The number of piperazine rings is 1. The first-order valence-corrected chi connectivity index (χ1v) is 10.4. The molecule has 0 spiro atoms. The van der Waals surface area contributed by atoms with Gasteiger partial charge in [0.1, 0.15) is 23.0 Å². The largest absolute Gasteiger partial charge is 0.497 e. The average Bonchev–Trinajstić information content (AvgIpc) is 3.18. The van der Waals surface area contributed by atoms with Gasteiger partial charge in [0, 0.05) is 21.7 Å². The number of hydrogen-bond acceptors (Lipinski definition) is 4. The number of quaternary nitrogens is 1. The van der Waals surface area contributed by atoms with Crippen molar-refractivity contribution in [2.45, 2.75) is 6.54 Å². The van der Waals surface area contributed by atoms with E-state index in [0.717, 1.165) is 54.1 Å². The van der Waals surface area contributed by atoms with Gasteiger partial charge in [-0.05, 0) is 36.4 Å². The fourth-order valence-electron chi connectivity index (χ4n) is 3.42. The van der Waals surface area contributed by atoms with Crippen molar-refractivity contribution in [1.29, 1.82) is 0 Å². The minimum absolute atomic E-state index is 0.759. The predicted molar refractivity (Wildman–Crippen MR) is 112 cm³/mol. The van der Waals surface area contributed by atoms with Gasteiger partial charge in [0.05, 0.1) is 33.3 Å². The topological polar surface area (TPSA) is 29.8 Å². The lowest BCUT2D eigenvalue weighted by atomic mass is 10.2. The van der Waals surface area contributed by atoms with Crippen molar-refractivity contribution >= 4 is 28.6 Å². The molecule has 4 nitrogen and oxygen atoms in total. The Balaban J connectivity index is 1.33. The van der Waals surface area contributed by atoms with Gasteiger partial charge >= 0.3 is 0 Å². The van der Waals surface area contributed by atoms with Crippen LogP contribution in [0.1, 0.15) is 5.69 Å². The van der Waals surface area contributed by atoms with Gasteiger partial charge in [-0.2, -0.15) is 0 Å². The second kappa shape index (κ2) is 8.30. The monoisotopic (exact) mass is 400 g/mol. The third-order valence-electron chi connectivity index (χ3n) is 4.98. The second-order valence-electron chi connectivity index (χ2n) is 6.76. The van der Waals surface area contributed by atoms with Crippen LogP contribution in [0, 0.1) is 0 Å². The molecule has 0 bridgehead atoms. The Labute approximate surface area is 169 Å². The number of ether oxygens (including phenoxy) is 1. The number of hydrogen-bond donors (Lipinski definition) is 1. The molecule has 0 amide bonds. The molecule has 0 unspecified atom stereocenters. The van der Waals surface area contributed by atoms with Gasteiger partial charge in [-0.15, -0.1) is 11.3 Å². The number of methoxy groups -OCH3 is 1. The van der Waals surface area contributed by atoms with Gasteiger partial charge in [0.2, 0.25) is 0 Å². The minimum atomic E-state index is 0.759. The summed E-state index contributed by atoms with van der Waals surface area (Å²) >= 11 is 7.68. The lowest BCUT2D eigenvalue weighted by Gasteiger charge is -2.33. The lowest BCUT2D eigenvalue weighted by Crippen LogP contribution is -3.13. The molecule has 0 saturated carbocycles. The number of nitrogens with one attached hydrogen (secondary N) is 1. The van der Waals surface area contributed by atoms with E-state index < -0.39 is 0 Å². The van der Waals surface area contributed by atoms with Crippen molar-refractivity contribution in [3.05, 3.63) is 64.6 Å². The maximum absolute atomic E-state index is 5.97. The molecule has 3 aromatic rings. The summed E-state index contributed by atoms with van der Waals surface area (Å²) in [4.78, 5) is 8.87. The highest BCUT2D eigenvalue weighted by molar-refractivity contribution is 7.13. The number of halogens is 1. The summed E-state index contributed by atoms with van der Waals surface area (Å²) in [5.74, 6) is 0.906. The average molecular weight is 401 g/mol. The molecule has 0 aliphatic carbocycles. The van der Waals surface area contributed by atoms with Crippen molar-refractivity contribution < 1.29 is 9.64 Å². The fourth-order valence-corrected chi connectivity index (χ4v) is 4.37. The molecule has 0 atom stereocenters. The molecule has 2 heterocycles. The van der Waals surface area contributed by atoms with Crippen molar-refractivity contribution in [1.82, 2.24) is 4.98 Å². The molecule has 1 aliphatic rings. The standard InChI is InChI=1S/C21H22ClN3OS/c1-26-20-8-6-19(7-9-20)25-12-10-24(11-13-25)14-18-15-27-21(23-18)16-2-4-17(22)5-3-16/h2-9,15H,10-14H2,1H3/p+1. The van der Waals surface area contributed by atoms with E-state index in [1.807, 2.05) is 36.4 Å². The van der Waals surface area contributed by atoms with Crippen molar-refractivity contribution in [2.24, 2.45) is 0 Å². The molecule has 140 valence electrons. The van der Waals surface area contributed by atoms with Crippen molar-refractivity contribution in [3.63, 3.8) is 0 Å². The first kappa shape index (κ1) is 18.3. The van der Waals surface area contributed by atoms with Crippen LogP contribution >= 0.6 is 22.9 Å². The van der Waals surface area contributed by atoms with E-state index in [0.29, 0.717) is 0 Å². The molecule has 2 aromatic carbocycles. The van der Waals surface area contributed by atoms with Gasteiger partial charge in [0.25, 0.3) is 0 Å². The van der Waals surface area contributed by atoms with Gasteiger partial charge in [-0.3, -0.25) is 0 Å². The molecule has 1 saturated heterocycles. The molecule has 6 heteroatoms. The molecular formula is C21H23ClN3OS+. The number of benzene rings is 2. The van der Waals surface area contributed by atoms with E-state index in [4.69, 9.17) is 21.3 Å². The third kappa shape index (κ3) is 4.43. The van der Waals surface area contributed by atoms with Crippen LogP contribution in [-0.4, -0.2) is 38.3 Å². The summed E-state index contributed by atoms with van der Waals surface area (Å²) < 4.78 is 5.24. The van der Waals surface area contributed by atoms with E-state index in [1.54, 1.807) is 23.3 Å². The Morgan fingerprint density at radius 3 is 2.44 bits per heavy atom. The van der Waals surface area contributed by atoms with Crippen LogP contribution in [0.5, 0.6) is 5.75 Å². The molecule has 1 N–H and O–H groups in total. The van der Waals surface area contributed by atoms with Crippen LogP contribution in [0.15, 0.2) is 53.9 Å². The lowest BCUT2D eigenvalue weighted by molar-refractivity contribution is -0.914. The zero-order valence-corrected chi connectivity index (χ0v) is 16.9. The van der Waals surface area contributed by atoms with Crippen LogP contribution in [0.2, 0.25) is 5.02 Å². The molecule has 27 heavy (non-hydrogen) atoms. The summed E-state index contributed by atoms with van der Waals surface area (Å²) in [6.07, 6.45) is 0. The Hall–Kier alpha value is -2.08. The van der Waals surface area contributed by atoms with E-state index in [1.165, 1.54) is 11.4 Å². The van der Waals surface area contributed by atoms with Crippen LogP contribution in [0.25, 0.3) is 10.6 Å². The Morgan fingerprint density at radius 1 is 1.07 bits per heavy atom. The van der Waals surface area contributed by atoms with Crippen molar-refractivity contribution in [2.75, 3.05) is 38.2 Å². The molecule has 1 aromatic heterocycles. The SMILES string of the molecule is COc1ccc(N2CC[NH+](Cc3csc(-c4ccc(Cl)cc4)n3)CC2)cc1. The second-order valence-corrected chi connectivity index (χ2v) is 8.06. The predicted octanol–water partition coefficient (Wildman–Crippen LogP) is 3.38. The quantitative estimate of drug-likeness (QED) is 0.712. The number of nitrogens with zero attached hydrogens (tertiary/aromatic N) is 2. The summed E-state index contributed by atoms with van der Waals surface area (Å²) in [6, 6.07) is 16.2. The van der Waals surface area contributed by atoms with Crippen LogP contribution in [0.4, 0.5) is 5.69 Å². The maximum atomic E-state index is 5.97. The summed E-state index contributed by atoms with van der Waals surface area (Å²) in [5, 5.41) is 4.01. The molecule has 4 rings (SSSR count). The smallest absolute Gasteiger partial charge is 0.123 e. The van der Waals surface area contributed by atoms with Crippen LogP contribution in [0.3, 0.4) is 0 Å². The minimum Gasteiger partial charge on any atom is -0.497 e. The highest BCUT2D eigenvalue weighted by atomic mass is 35.5. The zero-order valence-electron chi connectivity index (χ0n) is 15.3. The summed E-state index contributed by atoms with van der Waals surface area (Å²) in [5.41, 5.74) is 3.58. The molecular weight excluding hydrogens is 378 g/mol.